The van der Waals surface area contributed by atoms with Crippen LogP contribution in [0.4, 0.5) is 0 Å². The third-order valence-electron chi connectivity index (χ3n) is 4.31. The van der Waals surface area contributed by atoms with E-state index in [1.165, 1.54) is 14.1 Å². The average Bonchev–Trinajstić information content (AvgIpc) is 3.06. The van der Waals surface area contributed by atoms with Gasteiger partial charge in [0.2, 0.25) is 0 Å². The van der Waals surface area contributed by atoms with Crippen LogP contribution in [0.1, 0.15) is 6.23 Å². The minimum Gasteiger partial charge on any atom is -0.387 e. The molecule has 15 heteroatoms. The van der Waals surface area contributed by atoms with E-state index in [9.17, 15) is 29.2 Å². The van der Waals surface area contributed by atoms with Gasteiger partial charge in [0.15, 0.2) is 17.4 Å². The highest BCUT2D eigenvalue weighted by Crippen LogP contribution is 2.38. The highest BCUT2D eigenvalue weighted by molar-refractivity contribution is 7.46. The number of imidazole rings is 1. The van der Waals surface area contributed by atoms with E-state index in [1.54, 1.807) is 0 Å². The maximum absolute atomic E-state index is 12.3. The molecule has 1 aliphatic rings. The molecule has 0 spiro atoms. The van der Waals surface area contributed by atoms with Crippen LogP contribution in [0.15, 0.2) is 14.4 Å². The van der Waals surface area contributed by atoms with E-state index >= 15 is 0 Å². The van der Waals surface area contributed by atoms with Crippen molar-refractivity contribution in [3.05, 3.63) is 31.3 Å². The monoisotopic (exact) mass is 408 g/mol. The van der Waals surface area contributed by atoms with E-state index < -0.39 is 55.9 Å². The van der Waals surface area contributed by atoms with Gasteiger partial charge in [0, 0.05) is 14.1 Å². The third kappa shape index (κ3) is 3.21. The molecule has 0 bridgehead atoms. The molecule has 1 aliphatic heterocycles. The van der Waals surface area contributed by atoms with Crippen LogP contribution in [0.25, 0.3) is 11.2 Å². The predicted molar refractivity (Wildman–Crippen MR) is 87.0 cm³/mol. The van der Waals surface area contributed by atoms with Crippen LogP contribution in [-0.2, 0) is 27.9 Å². The first-order valence-electron chi connectivity index (χ1n) is 7.56. The Hall–Kier alpha value is -2.06. The van der Waals surface area contributed by atoms with E-state index in [0.717, 1.165) is 13.7 Å². The summed E-state index contributed by atoms with van der Waals surface area (Å²) < 4.78 is 22.9. The number of H-pyrrole nitrogens is 1. The highest BCUT2D eigenvalue weighted by atomic mass is 31.2. The van der Waals surface area contributed by atoms with Gasteiger partial charge in [-0.2, -0.15) is 0 Å². The fourth-order valence-corrected chi connectivity index (χ4v) is 3.32. The largest absolute Gasteiger partial charge is 0.469 e. The van der Waals surface area contributed by atoms with E-state index in [2.05, 4.69) is 9.51 Å². The number of aryl methyl sites for hydroxylation is 1. The molecule has 0 aliphatic carbocycles. The van der Waals surface area contributed by atoms with Crippen LogP contribution in [0.2, 0.25) is 0 Å². The molecule has 1 fully saturated rings. The van der Waals surface area contributed by atoms with Crippen LogP contribution >= 0.6 is 7.82 Å². The number of hydrogen-bond donors (Lipinski definition) is 5. The maximum Gasteiger partial charge on any atom is 0.469 e. The summed E-state index contributed by atoms with van der Waals surface area (Å²) in [4.78, 5) is 56.5. The van der Waals surface area contributed by atoms with Crippen molar-refractivity contribution >= 4 is 19.0 Å². The van der Waals surface area contributed by atoms with Crippen LogP contribution in [0.5, 0.6) is 0 Å². The van der Waals surface area contributed by atoms with Crippen LogP contribution in [0, 0.1) is 0 Å². The topological polar surface area (TPSA) is 198 Å². The second kappa shape index (κ2) is 6.53. The van der Waals surface area contributed by atoms with Crippen molar-refractivity contribution in [1.29, 1.82) is 0 Å². The Labute approximate surface area is 149 Å². The lowest BCUT2D eigenvalue weighted by atomic mass is 10.1. The van der Waals surface area contributed by atoms with Gasteiger partial charge in [0.1, 0.15) is 18.3 Å². The Kier molecular flexibility index (Phi) is 4.76. The fraction of sp³-hybridized carbons (Fsp3) is 0.583. The Balaban J connectivity index is 2.09. The zero-order chi connectivity index (χ0) is 20.3. The van der Waals surface area contributed by atoms with E-state index in [4.69, 9.17) is 14.5 Å². The molecule has 0 radical (unpaired) electrons. The molecule has 5 N–H and O–H groups in total. The Morgan fingerprint density at radius 1 is 1.15 bits per heavy atom. The standard InChI is InChI=1S/C12H17N4O10P/c1-14-8-5(9(19)15(2)12(14)21)13-11(20)16(8)10-7(18)6(17)4(26-10)3-25-27(22,23)24/h4,6-7,10,17-18H,3H2,1-2H3,(H,13,20)(H2,22,23,24)/t4-,6-,7-,10-/m1/s1. The summed E-state index contributed by atoms with van der Waals surface area (Å²) in [6.07, 6.45) is -6.27. The molecule has 1 saturated heterocycles. The molecule has 0 saturated carbocycles. The number of aliphatic hydroxyl groups excluding tert-OH is 2. The summed E-state index contributed by atoms with van der Waals surface area (Å²) in [5.74, 6) is 0. The number of nitrogens with zero attached hydrogens (tertiary/aromatic N) is 3. The Bertz CT molecular complexity index is 1110. The van der Waals surface area contributed by atoms with E-state index in [1.807, 2.05) is 0 Å². The fourth-order valence-electron chi connectivity index (χ4n) is 2.98. The van der Waals surface area contributed by atoms with Gasteiger partial charge >= 0.3 is 19.2 Å². The first kappa shape index (κ1) is 19.7. The van der Waals surface area contributed by atoms with Gasteiger partial charge in [0.25, 0.3) is 5.56 Å². The summed E-state index contributed by atoms with van der Waals surface area (Å²) in [5.41, 5.74) is -2.81. The number of fused-ring (bicyclic) bond motifs is 1. The quantitative estimate of drug-likeness (QED) is 0.316. The van der Waals surface area contributed by atoms with Crippen LogP contribution < -0.4 is 16.9 Å². The van der Waals surface area contributed by atoms with Gasteiger partial charge < -0.3 is 24.7 Å². The van der Waals surface area contributed by atoms with Crippen molar-refractivity contribution in [1.82, 2.24) is 18.7 Å². The van der Waals surface area contributed by atoms with Gasteiger partial charge in [-0.25, -0.2) is 18.7 Å². The normalized spacial score (nSPS) is 26.1. The van der Waals surface area contributed by atoms with Gasteiger partial charge in [-0.05, 0) is 0 Å². The number of phosphoric acid groups is 1. The van der Waals surface area contributed by atoms with Crippen LogP contribution in [-0.4, -0.2) is 63.6 Å². The molecule has 27 heavy (non-hydrogen) atoms. The first-order valence-corrected chi connectivity index (χ1v) is 9.09. The van der Waals surface area contributed by atoms with Gasteiger partial charge in [0.05, 0.1) is 6.61 Å². The van der Waals surface area contributed by atoms with Crippen LogP contribution in [0.3, 0.4) is 0 Å². The molecule has 3 rings (SSSR count). The lowest BCUT2D eigenvalue weighted by molar-refractivity contribution is -0.0519. The number of nitrogens with one attached hydrogen (secondary N) is 1. The zero-order valence-corrected chi connectivity index (χ0v) is 14.9. The Morgan fingerprint density at radius 3 is 2.37 bits per heavy atom. The maximum atomic E-state index is 12.3. The second-order valence-electron chi connectivity index (χ2n) is 6.04. The van der Waals surface area contributed by atoms with Crippen molar-refractivity contribution in [3.63, 3.8) is 0 Å². The number of aromatic amines is 1. The minimum absolute atomic E-state index is 0.180. The number of aromatic nitrogens is 4. The van der Waals surface area contributed by atoms with Crippen molar-refractivity contribution in [2.75, 3.05) is 6.61 Å². The highest BCUT2D eigenvalue weighted by Gasteiger charge is 2.46. The second-order valence-corrected chi connectivity index (χ2v) is 7.28. The molecule has 0 aromatic carbocycles. The number of ether oxygens (including phenoxy) is 1. The lowest BCUT2D eigenvalue weighted by Gasteiger charge is -2.17. The van der Waals surface area contributed by atoms with E-state index in [0.29, 0.717) is 0 Å². The molecule has 3 heterocycles. The lowest BCUT2D eigenvalue weighted by Crippen LogP contribution is -2.39. The SMILES string of the molecule is Cn1c(=O)c2[nH]c(=O)n([C@@H]3O[C@H](COP(=O)(O)O)[C@@H](O)[C@H]3O)c2n(C)c1=O. The summed E-state index contributed by atoms with van der Waals surface area (Å²) in [6.45, 7) is -0.767. The van der Waals surface area contributed by atoms with Gasteiger partial charge in [-0.15, -0.1) is 0 Å². The summed E-state index contributed by atoms with van der Waals surface area (Å²) in [7, 11) is -2.34. The Morgan fingerprint density at radius 2 is 1.78 bits per heavy atom. The number of rotatable bonds is 4. The molecule has 4 atom stereocenters. The predicted octanol–water partition coefficient (Wildman–Crippen LogP) is -3.54. The molecule has 0 unspecified atom stereocenters. The molecule has 2 aromatic rings. The van der Waals surface area contributed by atoms with Crippen molar-refractivity contribution in [3.8, 4) is 0 Å². The van der Waals surface area contributed by atoms with Crippen molar-refractivity contribution in [2.24, 2.45) is 14.1 Å². The van der Waals surface area contributed by atoms with Gasteiger partial charge in [-0.3, -0.25) is 23.4 Å². The molecule has 0 amide bonds. The third-order valence-corrected chi connectivity index (χ3v) is 4.80. The number of hydrogen-bond acceptors (Lipinski definition) is 8. The summed E-state index contributed by atoms with van der Waals surface area (Å²) >= 11 is 0. The molecular formula is C12H17N4O10P. The zero-order valence-electron chi connectivity index (χ0n) is 14.0. The first-order chi connectivity index (χ1) is 12.4. The smallest absolute Gasteiger partial charge is 0.387 e. The number of aliphatic hydroxyl groups is 2. The molecular weight excluding hydrogens is 391 g/mol. The average molecular weight is 408 g/mol. The van der Waals surface area contributed by atoms with Crippen molar-refractivity contribution < 1.29 is 33.8 Å². The molecule has 14 nitrogen and oxygen atoms in total. The van der Waals surface area contributed by atoms with E-state index in [-0.39, 0.29) is 11.2 Å². The van der Waals surface area contributed by atoms with Crippen molar-refractivity contribution in [2.45, 2.75) is 24.5 Å². The summed E-state index contributed by atoms with van der Waals surface area (Å²) in [5, 5.41) is 20.3. The summed E-state index contributed by atoms with van der Waals surface area (Å²) in [6, 6.07) is 0. The number of phosphoric ester groups is 1. The minimum atomic E-state index is -4.86. The molecule has 2 aromatic heterocycles. The van der Waals surface area contributed by atoms with Gasteiger partial charge in [-0.1, -0.05) is 0 Å². The molecule has 150 valence electrons.